The summed E-state index contributed by atoms with van der Waals surface area (Å²) in [6.07, 6.45) is 18.4. The van der Waals surface area contributed by atoms with Crippen molar-refractivity contribution in [2.24, 2.45) is 0 Å². The van der Waals surface area contributed by atoms with Crippen LogP contribution in [0.1, 0.15) is 114 Å². The predicted octanol–water partition coefficient (Wildman–Crippen LogP) is 8.77. The van der Waals surface area contributed by atoms with Gasteiger partial charge in [0.2, 0.25) is 0 Å². The van der Waals surface area contributed by atoms with Crippen molar-refractivity contribution >= 4 is 16.3 Å². The van der Waals surface area contributed by atoms with Gasteiger partial charge in [-0.25, -0.2) is 4.98 Å². The van der Waals surface area contributed by atoms with Crippen molar-refractivity contribution in [2.45, 2.75) is 103 Å². The second-order valence-electron chi connectivity index (χ2n) is 8.96. The van der Waals surface area contributed by atoms with E-state index in [-0.39, 0.29) is 0 Å². The third-order valence-electron chi connectivity index (χ3n) is 6.53. The number of nitrogens with zero attached hydrogens (tertiary/aromatic N) is 2. The average Bonchev–Trinajstić information content (AvgIpc) is 3.37. The molecule has 2 aromatic heterocycles. The first kappa shape index (κ1) is 23.1. The Bertz CT molecular complexity index is 845. The van der Waals surface area contributed by atoms with Gasteiger partial charge < -0.3 is 0 Å². The minimum absolute atomic E-state index is 0.640. The van der Waals surface area contributed by atoms with Crippen LogP contribution in [-0.2, 0) is 6.42 Å². The number of hydrogen-bond acceptors (Lipinski definition) is 2. The van der Waals surface area contributed by atoms with E-state index in [2.05, 4.69) is 66.0 Å². The van der Waals surface area contributed by atoms with E-state index >= 15 is 0 Å². The van der Waals surface area contributed by atoms with Crippen molar-refractivity contribution in [1.29, 1.82) is 0 Å². The lowest BCUT2D eigenvalue weighted by Crippen LogP contribution is -2.03. The Morgan fingerprint density at radius 1 is 0.900 bits per heavy atom. The molecule has 0 aliphatic carbocycles. The molecule has 0 aliphatic rings. The first-order valence-electron chi connectivity index (χ1n) is 12.2. The van der Waals surface area contributed by atoms with Crippen LogP contribution in [0.15, 0.2) is 42.0 Å². The molecule has 0 N–H and O–H groups in total. The molecule has 0 fully saturated rings. The van der Waals surface area contributed by atoms with Gasteiger partial charge in [0.1, 0.15) is 0 Å². The fourth-order valence-electron chi connectivity index (χ4n) is 4.61. The van der Waals surface area contributed by atoms with Crippen molar-refractivity contribution in [3.8, 4) is 0 Å². The highest BCUT2D eigenvalue weighted by molar-refractivity contribution is 7.15. The van der Waals surface area contributed by atoms with Gasteiger partial charge in [-0.15, -0.1) is 11.3 Å². The number of rotatable bonds is 14. The smallest absolute Gasteiger partial charge is 0.193 e. The third kappa shape index (κ3) is 6.44. The number of benzene rings is 1. The molecule has 2 atom stereocenters. The minimum Gasteiger partial charge on any atom is -0.294 e. The summed E-state index contributed by atoms with van der Waals surface area (Å²) in [6.45, 7) is 6.98. The van der Waals surface area contributed by atoms with Gasteiger partial charge >= 0.3 is 0 Å². The quantitative estimate of drug-likeness (QED) is 0.236. The lowest BCUT2D eigenvalue weighted by molar-refractivity contribution is 0.501. The van der Waals surface area contributed by atoms with Crippen molar-refractivity contribution < 1.29 is 0 Å². The molecule has 3 rings (SSSR count). The fourth-order valence-corrected chi connectivity index (χ4v) is 5.54. The van der Waals surface area contributed by atoms with Crippen LogP contribution in [-0.4, -0.2) is 9.38 Å². The maximum absolute atomic E-state index is 4.45. The first-order valence-corrected chi connectivity index (χ1v) is 13.1. The van der Waals surface area contributed by atoms with Crippen LogP contribution in [0.2, 0.25) is 0 Å². The standard InChI is InChI=1S/C27H40N2S/c1-4-6-7-8-9-13-23-15-17-24(18-16-23)22(3)12-10-14-25(11-5-2)26-21-30-27-28-19-20-29(26)27/h15-22,25H,4-14H2,1-3H3. The summed E-state index contributed by atoms with van der Waals surface area (Å²) in [7, 11) is 0. The molecule has 1 aromatic carbocycles. The van der Waals surface area contributed by atoms with Crippen LogP contribution >= 0.6 is 11.3 Å². The van der Waals surface area contributed by atoms with Crippen molar-refractivity contribution in [1.82, 2.24) is 9.38 Å². The first-order chi connectivity index (χ1) is 14.7. The zero-order chi connectivity index (χ0) is 21.2. The normalized spacial score (nSPS) is 13.7. The fraction of sp³-hybridized carbons (Fsp3) is 0.593. The maximum Gasteiger partial charge on any atom is 0.193 e. The second-order valence-corrected chi connectivity index (χ2v) is 9.80. The molecule has 0 radical (unpaired) electrons. The minimum atomic E-state index is 0.640. The van der Waals surface area contributed by atoms with Crippen LogP contribution in [0.4, 0.5) is 0 Å². The zero-order valence-electron chi connectivity index (χ0n) is 19.3. The largest absolute Gasteiger partial charge is 0.294 e. The molecule has 0 bridgehead atoms. The summed E-state index contributed by atoms with van der Waals surface area (Å²) >= 11 is 1.77. The Kier molecular flexibility index (Phi) is 9.45. The predicted molar refractivity (Wildman–Crippen MR) is 132 cm³/mol. The van der Waals surface area contributed by atoms with Crippen molar-refractivity contribution in [3.63, 3.8) is 0 Å². The SMILES string of the molecule is CCCCCCCc1ccc(C(C)CCCC(CCC)c2csc3nccn23)cc1. The Labute approximate surface area is 187 Å². The third-order valence-corrected chi connectivity index (χ3v) is 7.41. The molecule has 0 amide bonds. The Morgan fingerprint density at radius 3 is 2.47 bits per heavy atom. The van der Waals surface area contributed by atoms with Crippen molar-refractivity contribution in [3.05, 3.63) is 58.9 Å². The van der Waals surface area contributed by atoms with E-state index in [4.69, 9.17) is 0 Å². The molecule has 0 aliphatic heterocycles. The van der Waals surface area contributed by atoms with Crippen LogP contribution in [0.5, 0.6) is 0 Å². The summed E-state index contributed by atoms with van der Waals surface area (Å²) in [4.78, 5) is 5.58. The molecule has 0 spiro atoms. The Morgan fingerprint density at radius 2 is 1.70 bits per heavy atom. The number of aromatic nitrogens is 2. The summed E-state index contributed by atoms with van der Waals surface area (Å²) in [5, 5.41) is 2.33. The van der Waals surface area contributed by atoms with Gasteiger partial charge in [0.25, 0.3) is 0 Å². The maximum atomic E-state index is 4.45. The molecule has 0 saturated heterocycles. The van der Waals surface area contributed by atoms with E-state index in [9.17, 15) is 0 Å². The van der Waals surface area contributed by atoms with E-state index in [0.29, 0.717) is 11.8 Å². The molecule has 3 heteroatoms. The van der Waals surface area contributed by atoms with Crippen LogP contribution < -0.4 is 0 Å². The molecular weight excluding hydrogens is 384 g/mol. The molecule has 0 saturated carbocycles. The van der Waals surface area contributed by atoms with E-state index in [1.165, 1.54) is 87.4 Å². The van der Waals surface area contributed by atoms with Crippen LogP contribution in [0, 0.1) is 0 Å². The molecule has 2 unspecified atom stereocenters. The molecule has 3 aromatic rings. The summed E-state index contributed by atoms with van der Waals surface area (Å²) in [5.41, 5.74) is 4.47. The number of fused-ring (bicyclic) bond motifs is 1. The van der Waals surface area contributed by atoms with Gasteiger partial charge in [0, 0.05) is 29.4 Å². The van der Waals surface area contributed by atoms with E-state index in [1.54, 1.807) is 11.3 Å². The summed E-state index contributed by atoms with van der Waals surface area (Å²) < 4.78 is 2.30. The highest BCUT2D eigenvalue weighted by atomic mass is 32.1. The lowest BCUT2D eigenvalue weighted by atomic mass is 9.89. The van der Waals surface area contributed by atoms with Gasteiger partial charge in [-0.05, 0) is 49.1 Å². The number of unbranched alkanes of at least 4 members (excludes halogenated alkanes) is 4. The Hall–Kier alpha value is -1.61. The molecule has 2 nitrogen and oxygen atoms in total. The summed E-state index contributed by atoms with van der Waals surface area (Å²) in [6, 6.07) is 9.49. The molecule has 30 heavy (non-hydrogen) atoms. The highest BCUT2D eigenvalue weighted by Gasteiger charge is 2.16. The number of imidazole rings is 1. The summed E-state index contributed by atoms with van der Waals surface area (Å²) in [5.74, 6) is 1.29. The number of thiazole rings is 1. The second kappa shape index (κ2) is 12.3. The van der Waals surface area contributed by atoms with Gasteiger partial charge in [-0.3, -0.25) is 4.40 Å². The molecular formula is C27H40N2S. The topological polar surface area (TPSA) is 17.3 Å². The van der Waals surface area contributed by atoms with Crippen molar-refractivity contribution in [2.75, 3.05) is 0 Å². The van der Waals surface area contributed by atoms with Crippen LogP contribution in [0.25, 0.3) is 4.96 Å². The van der Waals surface area contributed by atoms with Crippen LogP contribution in [0.3, 0.4) is 0 Å². The van der Waals surface area contributed by atoms with E-state index < -0.39 is 0 Å². The molecule has 164 valence electrons. The van der Waals surface area contributed by atoms with E-state index in [1.807, 2.05) is 6.20 Å². The van der Waals surface area contributed by atoms with E-state index in [0.717, 1.165) is 4.96 Å². The van der Waals surface area contributed by atoms with Gasteiger partial charge in [-0.1, -0.05) is 83.6 Å². The average molecular weight is 425 g/mol. The number of aryl methyl sites for hydroxylation is 1. The van der Waals surface area contributed by atoms with Gasteiger partial charge in [0.05, 0.1) is 0 Å². The Balaban J connectivity index is 1.46. The lowest BCUT2D eigenvalue weighted by Gasteiger charge is -2.18. The van der Waals surface area contributed by atoms with Gasteiger partial charge in [0.15, 0.2) is 4.96 Å². The van der Waals surface area contributed by atoms with Gasteiger partial charge in [-0.2, -0.15) is 0 Å². The number of hydrogen-bond donors (Lipinski definition) is 0. The zero-order valence-corrected chi connectivity index (χ0v) is 20.1. The highest BCUT2D eigenvalue weighted by Crippen LogP contribution is 2.32. The monoisotopic (exact) mass is 424 g/mol. The molecule has 2 heterocycles.